The van der Waals surface area contributed by atoms with Gasteiger partial charge in [0.2, 0.25) is 0 Å². The molecule has 2 amide bonds. The lowest BCUT2D eigenvalue weighted by molar-refractivity contribution is -0.136. The number of hydrogen-bond acceptors (Lipinski definition) is 3. The van der Waals surface area contributed by atoms with E-state index in [-0.39, 0.29) is 16.8 Å². The number of carbonyl (C=O) groups is 2. The molecule has 0 saturated carbocycles. The smallest absolute Gasteiger partial charge is 0.313 e. The predicted octanol–water partition coefficient (Wildman–Crippen LogP) is 2.02. The van der Waals surface area contributed by atoms with Gasteiger partial charge in [0, 0.05) is 17.6 Å². The van der Waals surface area contributed by atoms with Crippen LogP contribution >= 0.6 is 11.6 Å². The molecule has 22 heavy (non-hydrogen) atoms. The number of likely N-dealkylation sites (tertiary alicyclic amines) is 1. The third-order valence-corrected chi connectivity index (χ3v) is 4.02. The second-order valence-electron chi connectivity index (χ2n) is 5.21. The van der Waals surface area contributed by atoms with Gasteiger partial charge in [-0.15, -0.1) is 0 Å². The number of nitrogens with zero attached hydrogens (tertiary/aromatic N) is 1. The van der Waals surface area contributed by atoms with Crippen molar-refractivity contribution < 1.29 is 14.0 Å². The van der Waals surface area contributed by atoms with Crippen molar-refractivity contribution in [1.29, 1.82) is 0 Å². The maximum Gasteiger partial charge on any atom is 0.313 e. The third-order valence-electron chi connectivity index (χ3n) is 3.79. The summed E-state index contributed by atoms with van der Waals surface area (Å²) in [6.45, 7) is 4.42. The van der Waals surface area contributed by atoms with Crippen LogP contribution in [0.25, 0.3) is 0 Å². The van der Waals surface area contributed by atoms with Crippen LogP contribution in [0.15, 0.2) is 18.2 Å². The SMILES string of the molecule is CCN1CCC[C@@H]1CNC(=O)C(=O)Nc1ccc(Cl)cc1F. The van der Waals surface area contributed by atoms with Crippen LogP contribution in [0.5, 0.6) is 0 Å². The molecule has 5 nitrogen and oxygen atoms in total. The lowest BCUT2D eigenvalue weighted by Gasteiger charge is -2.22. The molecule has 2 N–H and O–H groups in total. The fourth-order valence-corrected chi connectivity index (χ4v) is 2.76. The molecular formula is C15H19ClFN3O2. The summed E-state index contributed by atoms with van der Waals surface area (Å²) in [5.41, 5.74) is -0.0689. The van der Waals surface area contributed by atoms with E-state index in [1.165, 1.54) is 12.1 Å². The molecule has 0 spiro atoms. The molecule has 0 bridgehead atoms. The number of halogens is 2. The van der Waals surface area contributed by atoms with Gasteiger partial charge in [-0.3, -0.25) is 14.5 Å². The summed E-state index contributed by atoms with van der Waals surface area (Å²) in [4.78, 5) is 25.8. The molecule has 0 unspecified atom stereocenters. The van der Waals surface area contributed by atoms with Gasteiger partial charge in [-0.2, -0.15) is 0 Å². The summed E-state index contributed by atoms with van der Waals surface area (Å²) in [5, 5.41) is 5.06. The highest BCUT2D eigenvalue weighted by Crippen LogP contribution is 2.19. The Balaban J connectivity index is 1.85. The number of amides is 2. The molecule has 1 aliphatic rings. The minimum Gasteiger partial charge on any atom is -0.346 e. The average molecular weight is 328 g/mol. The van der Waals surface area contributed by atoms with Gasteiger partial charge in [0.15, 0.2) is 0 Å². The quantitative estimate of drug-likeness (QED) is 0.832. The zero-order valence-electron chi connectivity index (χ0n) is 12.4. The fraction of sp³-hybridized carbons (Fsp3) is 0.467. The first-order chi connectivity index (χ1) is 10.5. The van der Waals surface area contributed by atoms with Crippen LogP contribution in [0.4, 0.5) is 10.1 Å². The maximum absolute atomic E-state index is 13.6. The minimum absolute atomic E-state index is 0.0689. The van der Waals surface area contributed by atoms with Gasteiger partial charge in [0.1, 0.15) is 5.82 Å². The molecule has 1 aromatic carbocycles. The number of benzene rings is 1. The Labute approximate surface area is 133 Å². The number of anilines is 1. The van der Waals surface area contributed by atoms with E-state index in [4.69, 9.17) is 11.6 Å². The Kier molecular flexibility index (Phi) is 5.74. The second-order valence-corrected chi connectivity index (χ2v) is 5.65. The first-order valence-electron chi connectivity index (χ1n) is 7.29. The summed E-state index contributed by atoms with van der Waals surface area (Å²) in [6, 6.07) is 4.09. The Hall–Kier alpha value is -1.66. The van der Waals surface area contributed by atoms with Crippen molar-refractivity contribution >= 4 is 29.1 Å². The molecule has 1 fully saturated rings. The largest absolute Gasteiger partial charge is 0.346 e. The highest BCUT2D eigenvalue weighted by Gasteiger charge is 2.24. The maximum atomic E-state index is 13.6. The summed E-state index contributed by atoms with van der Waals surface area (Å²) in [5.74, 6) is -2.33. The number of rotatable bonds is 4. The molecular weight excluding hydrogens is 309 g/mol. The molecule has 1 aliphatic heterocycles. The Morgan fingerprint density at radius 1 is 1.41 bits per heavy atom. The van der Waals surface area contributed by atoms with Crippen molar-refractivity contribution in [2.75, 3.05) is 25.0 Å². The van der Waals surface area contributed by atoms with Gasteiger partial charge in [-0.25, -0.2) is 4.39 Å². The monoisotopic (exact) mass is 327 g/mol. The van der Waals surface area contributed by atoms with E-state index < -0.39 is 17.6 Å². The van der Waals surface area contributed by atoms with Gasteiger partial charge in [0.05, 0.1) is 5.69 Å². The summed E-state index contributed by atoms with van der Waals surface area (Å²) in [7, 11) is 0. The number of hydrogen-bond donors (Lipinski definition) is 2. The van der Waals surface area contributed by atoms with Gasteiger partial charge in [0.25, 0.3) is 0 Å². The van der Waals surface area contributed by atoms with Crippen molar-refractivity contribution in [1.82, 2.24) is 10.2 Å². The van der Waals surface area contributed by atoms with Crippen molar-refractivity contribution in [3.05, 3.63) is 29.0 Å². The molecule has 1 heterocycles. The summed E-state index contributed by atoms with van der Waals surface area (Å²) in [6.07, 6.45) is 2.10. The van der Waals surface area contributed by atoms with Gasteiger partial charge < -0.3 is 10.6 Å². The first kappa shape index (κ1) is 16.7. The molecule has 120 valence electrons. The van der Waals surface area contributed by atoms with Gasteiger partial charge >= 0.3 is 11.8 Å². The molecule has 0 aliphatic carbocycles. The molecule has 1 atom stereocenters. The Morgan fingerprint density at radius 2 is 2.18 bits per heavy atom. The van der Waals surface area contributed by atoms with Crippen LogP contribution in [-0.2, 0) is 9.59 Å². The van der Waals surface area contributed by atoms with E-state index in [9.17, 15) is 14.0 Å². The lowest BCUT2D eigenvalue weighted by Crippen LogP contribution is -2.43. The zero-order valence-corrected chi connectivity index (χ0v) is 13.1. The zero-order chi connectivity index (χ0) is 16.1. The van der Waals surface area contributed by atoms with Crippen LogP contribution in [-0.4, -0.2) is 42.4 Å². The van der Waals surface area contributed by atoms with Crippen LogP contribution in [0.3, 0.4) is 0 Å². The highest BCUT2D eigenvalue weighted by molar-refractivity contribution is 6.39. The summed E-state index contributed by atoms with van der Waals surface area (Å²) >= 11 is 5.63. The lowest BCUT2D eigenvalue weighted by atomic mass is 10.2. The van der Waals surface area contributed by atoms with Crippen LogP contribution in [0.1, 0.15) is 19.8 Å². The predicted molar refractivity (Wildman–Crippen MR) is 83.3 cm³/mol. The molecule has 2 rings (SSSR count). The van der Waals surface area contributed by atoms with E-state index in [1.54, 1.807) is 0 Å². The first-order valence-corrected chi connectivity index (χ1v) is 7.67. The highest BCUT2D eigenvalue weighted by atomic mass is 35.5. The van der Waals surface area contributed by atoms with E-state index in [2.05, 4.69) is 22.5 Å². The van der Waals surface area contributed by atoms with Crippen molar-refractivity contribution in [2.45, 2.75) is 25.8 Å². The van der Waals surface area contributed by atoms with Crippen molar-refractivity contribution in [2.24, 2.45) is 0 Å². The topological polar surface area (TPSA) is 61.4 Å². The number of nitrogens with one attached hydrogen (secondary N) is 2. The van der Waals surface area contributed by atoms with Crippen molar-refractivity contribution in [3.8, 4) is 0 Å². The molecule has 1 saturated heterocycles. The molecule has 7 heteroatoms. The minimum atomic E-state index is -0.887. The average Bonchev–Trinajstić information content (AvgIpc) is 2.95. The van der Waals surface area contributed by atoms with E-state index in [0.29, 0.717) is 6.54 Å². The fourth-order valence-electron chi connectivity index (χ4n) is 2.60. The normalized spacial score (nSPS) is 18.2. The van der Waals surface area contributed by atoms with E-state index in [1.807, 2.05) is 0 Å². The summed E-state index contributed by atoms with van der Waals surface area (Å²) < 4.78 is 13.6. The van der Waals surface area contributed by atoms with E-state index in [0.717, 1.165) is 32.0 Å². The van der Waals surface area contributed by atoms with Crippen LogP contribution in [0.2, 0.25) is 5.02 Å². The molecule has 1 aromatic rings. The van der Waals surface area contributed by atoms with E-state index >= 15 is 0 Å². The molecule has 0 radical (unpaired) electrons. The standard InChI is InChI=1S/C15H19ClFN3O2/c1-2-20-7-3-4-11(20)9-18-14(21)15(22)19-13-6-5-10(16)8-12(13)17/h5-6,8,11H,2-4,7,9H2,1H3,(H,18,21)(H,19,22)/t11-/m1/s1. The third kappa shape index (κ3) is 4.18. The van der Waals surface area contributed by atoms with Gasteiger partial charge in [-0.1, -0.05) is 18.5 Å². The number of likely N-dealkylation sites (N-methyl/N-ethyl adjacent to an activating group) is 1. The van der Waals surface area contributed by atoms with Crippen LogP contribution in [0, 0.1) is 5.82 Å². The Morgan fingerprint density at radius 3 is 2.86 bits per heavy atom. The Bertz CT molecular complexity index is 568. The van der Waals surface area contributed by atoms with Crippen molar-refractivity contribution in [3.63, 3.8) is 0 Å². The van der Waals surface area contributed by atoms with Crippen LogP contribution < -0.4 is 10.6 Å². The second kappa shape index (κ2) is 7.56. The van der Waals surface area contributed by atoms with Gasteiger partial charge in [-0.05, 0) is 44.1 Å². The molecule has 0 aromatic heterocycles. The number of carbonyl (C=O) groups excluding carboxylic acids is 2.